The van der Waals surface area contributed by atoms with Crippen LogP contribution in [0.3, 0.4) is 0 Å². The second kappa shape index (κ2) is 15.3. The van der Waals surface area contributed by atoms with Crippen molar-refractivity contribution in [3.63, 3.8) is 0 Å². The van der Waals surface area contributed by atoms with E-state index >= 15 is 0 Å². The fourth-order valence-electron chi connectivity index (χ4n) is 2.26. The first-order valence-electron chi connectivity index (χ1n) is 9.67. The predicted molar refractivity (Wildman–Crippen MR) is 149 cm³/mol. The number of thioether (sulfide) groups is 8. The summed E-state index contributed by atoms with van der Waals surface area (Å²) >= 11 is 14.7. The minimum Gasteiger partial charge on any atom is -0.481 e. The van der Waals surface area contributed by atoms with Gasteiger partial charge >= 0.3 is 5.97 Å². The number of unbranched alkanes of at least 4 members (excludes halogenated alkanes) is 4. The Morgan fingerprint density at radius 2 is 1.21 bits per heavy atom. The third-order valence-electron chi connectivity index (χ3n) is 3.72. The first kappa shape index (κ1) is 26.7. The van der Waals surface area contributed by atoms with Gasteiger partial charge in [0.25, 0.3) is 0 Å². The van der Waals surface area contributed by atoms with Crippen LogP contribution in [0.1, 0.15) is 52.4 Å². The number of hydrogen-bond acceptors (Lipinski definition) is 9. The Morgan fingerprint density at radius 3 is 1.62 bits per heavy atom. The molecule has 0 bridgehead atoms. The van der Waals surface area contributed by atoms with Crippen molar-refractivity contribution in [1.82, 2.24) is 0 Å². The van der Waals surface area contributed by atoms with Crippen LogP contribution < -0.4 is 0 Å². The highest BCUT2D eigenvalue weighted by Crippen LogP contribution is 2.65. The van der Waals surface area contributed by atoms with Crippen LogP contribution in [0.25, 0.3) is 0 Å². The van der Waals surface area contributed by atoms with Gasteiger partial charge in [0.15, 0.2) is 0 Å². The number of carboxylic acids is 1. The molecule has 0 aromatic heterocycles. The second-order valence-corrected chi connectivity index (χ2v) is 15.8. The minimum atomic E-state index is -0.752. The number of carboxylic acid groups (broad SMARTS) is 1. The molecule has 2 rings (SSSR count). The van der Waals surface area contributed by atoms with Crippen LogP contribution in [0.5, 0.6) is 0 Å². The lowest BCUT2D eigenvalue weighted by Gasteiger charge is -2.04. The number of carbonyl (C=O) groups is 1. The molecule has 164 valence electrons. The Balaban J connectivity index is 2.02. The molecule has 2 nitrogen and oxygen atoms in total. The van der Waals surface area contributed by atoms with E-state index in [9.17, 15) is 4.79 Å². The van der Waals surface area contributed by atoms with E-state index < -0.39 is 5.97 Å². The maximum Gasteiger partial charge on any atom is 0.313 e. The average Bonchev–Trinajstić information content (AvgIpc) is 3.30. The van der Waals surface area contributed by atoms with E-state index in [1.807, 2.05) is 58.8 Å². The predicted octanol–water partition coefficient (Wildman–Crippen LogP) is 9.35. The zero-order chi connectivity index (χ0) is 21.1. The summed E-state index contributed by atoms with van der Waals surface area (Å²) in [7, 11) is 0. The van der Waals surface area contributed by atoms with Crippen molar-refractivity contribution in [2.45, 2.75) is 52.4 Å². The lowest BCUT2D eigenvalue weighted by Crippen LogP contribution is -1.97. The van der Waals surface area contributed by atoms with Gasteiger partial charge in [0.2, 0.25) is 0 Å². The Morgan fingerprint density at radius 1 is 0.759 bits per heavy atom. The van der Waals surface area contributed by atoms with Gasteiger partial charge in [-0.2, -0.15) is 0 Å². The maximum absolute atomic E-state index is 11.0. The standard InChI is InChI=1S/C19H28O2S8/c1-4-6-8-10-23-16-17(24-11-9-7-5-2)29-19(28-16)18-26-14(22-3)15(27-18)25-12-13(20)21/h4-12H2,1-3H3,(H,20,21). The van der Waals surface area contributed by atoms with Gasteiger partial charge in [-0.3, -0.25) is 4.79 Å². The van der Waals surface area contributed by atoms with Crippen LogP contribution >= 0.6 is 94.1 Å². The summed E-state index contributed by atoms with van der Waals surface area (Å²) in [4.78, 5) is 11.0. The summed E-state index contributed by atoms with van der Waals surface area (Å²) in [6.45, 7) is 4.51. The molecule has 0 amide bonds. The molecular formula is C19H28O2S8. The van der Waals surface area contributed by atoms with E-state index in [4.69, 9.17) is 5.11 Å². The van der Waals surface area contributed by atoms with Crippen LogP contribution in [0.15, 0.2) is 25.4 Å². The average molecular weight is 545 g/mol. The molecule has 0 radical (unpaired) electrons. The second-order valence-electron chi connectivity index (χ2n) is 6.13. The summed E-state index contributed by atoms with van der Waals surface area (Å²) in [5, 5.41) is 9.02. The fraction of sp³-hybridized carbons (Fsp3) is 0.632. The summed E-state index contributed by atoms with van der Waals surface area (Å²) < 4.78 is 8.06. The normalized spacial score (nSPS) is 17.2. The van der Waals surface area contributed by atoms with Crippen LogP contribution in [-0.2, 0) is 4.79 Å². The number of aliphatic carboxylic acids is 1. The third-order valence-corrected chi connectivity index (χ3v) is 15.3. The molecule has 2 aliphatic rings. The number of rotatable bonds is 14. The molecule has 0 aromatic carbocycles. The fourth-order valence-corrected chi connectivity index (χ4v) is 13.7. The zero-order valence-electron chi connectivity index (χ0n) is 17.0. The van der Waals surface area contributed by atoms with Gasteiger partial charge in [-0.15, -0.1) is 47.0 Å². The van der Waals surface area contributed by atoms with Crippen molar-refractivity contribution in [3.8, 4) is 0 Å². The van der Waals surface area contributed by atoms with Gasteiger partial charge in [-0.25, -0.2) is 0 Å². The molecule has 0 aliphatic carbocycles. The summed E-state index contributed by atoms with van der Waals surface area (Å²) in [6, 6.07) is 0. The van der Waals surface area contributed by atoms with Gasteiger partial charge < -0.3 is 5.11 Å². The highest BCUT2D eigenvalue weighted by molar-refractivity contribution is 8.45. The topological polar surface area (TPSA) is 37.3 Å². The van der Waals surface area contributed by atoms with E-state index in [1.54, 1.807) is 23.5 Å². The van der Waals surface area contributed by atoms with E-state index in [0.29, 0.717) is 0 Å². The number of hydrogen-bond donors (Lipinski definition) is 1. The maximum atomic E-state index is 11.0. The first-order valence-corrected chi connectivity index (χ1v) is 17.1. The van der Waals surface area contributed by atoms with Crippen molar-refractivity contribution in [2.24, 2.45) is 0 Å². The van der Waals surface area contributed by atoms with Crippen molar-refractivity contribution in [2.75, 3.05) is 23.5 Å². The van der Waals surface area contributed by atoms with E-state index in [0.717, 1.165) is 4.24 Å². The van der Waals surface area contributed by atoms with Gasteiger partial charge in [0.1, 0.15) is 0 Å². The molecule has 10 heteroatoms. The Hall–Kier alpha value is 1.49. The lowest BCUT2D eigenvalue weighted by molar-refractivity contribution is -0.133. The first-order chi connectivity index (χ1) is 14.1. The van der Waals surface area contributed by atoms with Gasteiger partial charge in [0.05, 0.1) is 31.2 Å². The van der Waals surface area contributed by atoms with E-state index in [-0.39, 0.29) is 5.75 Å². The Labute approximate surface area is 209 Å². The largest absolute Gasteiger partial charge is 0.481 e. The molecule has 0 fully saturated rings. The SMILES string of the molecule is CCCCCSC1=C(SCCCCC)SC(=C2SC(SC)=C(SCC(=O)O)S2)S1. The molecule has 0 unspecified atom stereocenters. The van der Waals surface area contributed by atoms with E-state index in [1.165, 1.54) is 83.0 Å². The lowest BCUT2D eigenvalue weighted by atomic mass is 10.3. The highest BCUT2D eigenvalue weighted by Gasteiger charge is 2.30. The molecule has 0 aromatic rings. The van der Waals surface area contributed by atoms with Crippen molar-refractivity contribution in [3.05, 3.63) is 25.4 Å². The Bertz CT molecular complexity index is 631. The van der Waals surface area contributed by atoms with Gasteiger partial charge in [-0.1, -0.05) is 86.6 Å². The molecule has 0 saturated carbocycles. The van der Waals surface area contributed by atoms with Gasteiger partial charge in [-0.05, 0) is 30.6 Å². The minimum absolute atomic E-state index is 0.130. The molecule has 2 aliphatic heterocycles. The van der Waals surface area contributed by atoms with Crippen LogP contribution in [0.2, 0.25) is 0 Å². The zero-order valence-corrected chi connectivity index (χ0v) is 23.5. The van der Waals surface area contributed by atoms with Crippen LogP contribution in [0.4, 0.5) is 0 Å². The summed E-state index contributed by atoms with van der Waals surface area (Å²) in [5.74, 6) is 1.78. The quantitative estimate of drug-likeness (QED) is 0.214. The summed E-state index contributed by atoms with van der Waals surface area (Å²) in [5.41, 5.74) is 0. The molecule has 29 heavy (non-hydrogen) atoms. The molecule has 0 saturated heterocycles. The molecule has 0 spiro atoms. The van der Waals surface area contributed by atoms with E-state index in [2.05, 4.69) is 20.1 Å². The van der Waals surface area contributed by atoms with Crippen molar-refractivity contribution >= 4 is 100 Å². The highest BCUT2D eigenvalue weighted by atomic mass is 32.3. The van der Waals surface area contributed by atoms with Crippen LogP contribution in [0, 0.1) is 0 Å². The smallest absolute Gasteiger partial charge is 0.313 e. The molecular weight excluding hydrogens is 517 g/mol. The van der Waals surface area contributed by atoms with Gasteiger partial charge in [0, 0.05) is 0 Å². The Kier molecular flexibility index (Phi) is 14.2. The molecule has 2 heterocycles. The molecule has 0 atom stereocenters. The third kappa shape index (κ3) is 9.48. The molecule has 1 N–H and O–H groups in total. The monoisotopic (exact) mass is 544 g/mol. The van der Waals surface area contributed by atoms with Crippen LogP contribution in [-0.4, -0.2) is 34.6 Å². The summed E-state index contributed by atoms with van der Waals surface area (Å²) in [6.07, 6.45) is 9.80. The van der Waals surface area contributed by atoms with Crippen molar-refractivity contribution < 1.29 is 9.90 Å². The van der Waals surface area contributed by atoms with Crippen molar-refractivity contribution in [1.29, 1.82) is 0 Å².